The van der Waals surface area contributed by atoms with Crippen molar-refractivity contribution in [1.29, 1.82) is 0 Å². The van der Waals surface area contributed by atoms with Crippen LogP contribution in [0, 0.1) is 0 Å². The maximum absolute atomic E-state index is 2.78. The molecule has 0 fully saturated rings. The van der Waals surface area contributed by atoms with E-state index in [4.69, 9.17) is 0 Å². The van der Waals surface area contributed by atoms with Gasteiger partial charge in [-0.2, -0.15) is 0 Å². The molecule has 0 aliphatic heterocycles. The zero-order chi connectivity index (χ0) is 6.41. The summed E-state index contributed by atoms with van der Waals surface area (Å²) in [4.78, 5) is 0. The van der Waals surface area contributed by atoms with Crippen LogP contribution in [-0.2, 0) is 0 Å². The first-order valence-corrected chi connectivity index (χ1v) is 12.8. The van der Waals surface area contributed by atoms with Crippen molar-refractivity contribution in [1.82, 2.24) is 1.34 Å². The van der Waals surface area contributed by atoms with E-state index in [0.29, 0.717) is 0 Å². The van der Waals surface area contributed by atoms with Crippen molar-refractivity contribution in [3.8, 4) is 0 Å². The van der Waals surface area contributed by atoms with Gasteiger partial charge in [0.05, 0.1) is 0 Å². The van der Waals surface area contributed by atoms with Crippen molar-refractivity contribution in [3.63, 3.8) is 0 Å². The van der Waals surface area contributed by atoms with Crippen molar-refractivity contribution in [2.24, 2.45) is 0 Å². The van der Waals surface area contributed by atoms with Gasteiger partial charge in [-0.25, -0.2) is 0 Å². The second kappa shape index (κ2) is 6.67. The molecule has 50 valence electrons. The molecule has 0 N–H and O–H groups in total. The van der Waals surface area contributed by atoms with Crippen molar-refractivity contribution >= 4 is 42.8 Å². The average molecular weight is 329 g/mol. The molecular weight excluding hydrogens is 311 g/mol. The molecule has 0 aliphatic rings. The Bertz CT molecular complexity index is 43.7. The van der Waals surface area contributed by atoms with E-state index in [1.54, 1.807) is 0 Å². The molecule has 0 aromatic rings. The second-order valence-corrected chi connectivity index (χ2v) is 24.0. The van der Waals surface area contributed by atoms with Gasteiger partial charge < -0.3 is 0 Å². The third-order valence-corrected chi connectivity index (χ3v) is 20.2. The first-order valence-electron chi connectivity index (χ1n) is 3.49. The van der Waals surface area contributed by atoms with Crippen LogP contribution in [0.1, 0.15) is 13.8 Å². The van der Waals surface area contributed by atoms with Crippen LogP contribution in [0.15, 0.2) is 0 Å². The van der Waals surface area contributed by atoms with E-state index in [0.717, 1.165) is 0 Å². The Morgan fingerprint density at radius 3 is 1.75 bits per heavy atom. The van der Waals surface area contributed by atoms with E-state index >= 15 is 0 Å². The number of nitrogens with zero attached hydrogens (tertiary/aromatic N) is 1. The van der Waals surface area contributed by atoms with Crippen LogP contribution in [-0.4, -0.2) is 51.2 Å². The fourth-order valence-corrected chi connectivity index (χ4v) is 22.3. The van der Waals surface area contributed by atoms with Gasteiger partial charge in [0.25, 0.3) is 0 Å². The average Bonchev–Trinajstić information content (AvgIpc) is 1.68. The number of rotatable bonds is 4. The molecular formula is C5H17NSn2. The molecule has 0 bridgehead atoms. The van der Waals surface area contributed by atoms with Crippen LogP contribution in [0.2, 0.25) is 8.87 Å². The van der Waals surface area contributed by atoms with Crippen LogP contribution in [0.25, 0.3) is 0 Å². The maximum atomic E-state index is 2.78. The van der Waals surface area contributed by atoms with Gasteiger partial charge in [-0.3, -0.25) is 0 Å². The number of hydrogen-bond acceptors (Lipinski definition) is 1. The van der Waals surface area contributed by atoms with Crippen molar-refractivity contribution in [2.45, 2.75) is 22.7 Å². The van der Waals surface area contributed by atoms with Crippen LogP contribution in [0.5, 0.6) is 0 Å². The molecule has 0 radical (unpaired) electrons. The van der Waals surface area contributed by atoms with Gasteiger partial charge in [0.2, 0.25) is 0 Å². The Morgan fingerprint density at radius 1 is 1.12 bits per heavy atom. The fraction of sp³-hybridized carbons (Fsp3) is 1.00. The SMILES string of the molecule is C[CH2][SnH2][N](C)[SnH2][CH2]C. The standard InChI is InChI=1S/2C2H5.CH3N.2Sn.4H/c3*1-2;;;;;;/h2*1H2,2H3;1H3;;;;;;. The molecule has 0 saturated carbocycles. The third kappa shape index (κ3) is 5.69. The summed E-state index contributed by atoms with van der Waals surface area (Å²) in [6, 6.07) is 0. The fourth-order valence-electron chi connectivity index (χ4n) is 0.875. The van der Waals surface area contributed by atoms with Crippen LogP contribution < -0.4 is 0 Å². The first kappa shape index (κ1) is 9.56. The van der Waals surface area contributed by atoms with Crippen molar-refractivity contribution < 1.29 is 0 Å². The van der Waals surface area contributed by atoms with E-state index in [-0.39, 0.29) is 42.8 Å². The predicted molar refractivity (Wildman–Crippen MR) is 45.8 cm³/mol. The second-order valence-electron chi connectivity index (χ2n) is 2.30. The Kier molecular flexibility index (Phi) is 7.97. The molecule has 0 aromatic carbocycles. The van der Waals surface area contributed by atoms with Crippen LogP contribution in [0.4, 0.5) is 0 Å². The van der Waals surface area contributed by atoms with Crippen molar-refractivity contribution in [2.75, 3.05) is 7.05 Å². The van der Waals surface area contributed by atoms with Crippen molar-refractivity contribution in [3.05, 3.63) is 0 Å². The predicted octanol–water partition coefficient (Wildman–Crippen LogP) is -0.0378. The molecule has 0 heterocycles. The zero-order valence-electron chi connectivity index (χ0n) is 6.28. The Labute approximate surface area is 73.4 Å². The topological polar surface area (TPSA) is 3.24 Å². The summed E-state index contributed by atoms with van der Waals surface area (Å²) in [6.45, 7) is 4.68. The Balaban J connectivity index is 2.92. The normalized spacial score (nSPS) is 13.5. The van der Waals surface area contributed by atoms with Gasteiger partial charge in [-0.1, -0.05) is 0 Å². The van der Waals surface area contributed by atoms with Crippen LogP contribution in [0.3, 0.4) is 0 Å². The molecule has 0 aliphatic carbocycles. The molecule has 3 heteroatoms. The summed E-state index contributed by atoms with van der Waals surface area (Å²) in [5.74, 6) is 0. The Hall–Kier alpha value is 1.56. The summed E-state index contributed by atoms with van der Waals surface area (Å²) in [5, 5.41) is 0. The summed E-state index contributed by atoms with van der Waals surface area (Å²) >= 11 is -0.578. The third-order valence-electron chi connectivity index (χ3n) is 1.21. The minimum atomic E-state index is -0.289. The molecule has 1 nitrogen and oxygen atoms in total. The van der Waals surface area contributed by atoms with Gasteiger partial charge in [0, 0.05) is 0 Å². The van der Waals surface area contributed by atoms with E-state index in [1.807, 2.05) is 0 Å². The molecule has 0 unspecified atom stereocenters. The first-order chi connectivity index (χ1) is 3.81. The molecule has 0 atom stereocenters. The molecule has 0 amide bonds. The molecule has 0 saturated heterocycles. The van der Waals surface area contributed by atoms with Gasteiger partial charge in [-0.15, -0.1) is 0 Å². The molecule has 0 rings (SSSR count). The summed E-state index contributed by atoms with van der Waals surface area (Å²) in [6.07, 6.45) is 0. The zero-order valence-corrected chi connectivity index (χ0v) is 14.3. The summed E-state index contributed by atoms with van der Waals surface area (Å²) in [5.41, 5.74) is 0. The van der Waals surface area contributed by atoms with E-state index < -0.39 is 0 Å². The molecule has 0 aromatic heterocycles. The van der Waals surface area contributed by atoms with E-state index in [1.165, 1.54) is 8.87 Å². The monoisotopic (exact) mass is 331 g/mol. The summed E-state index contributed by atoms with van der Waals surface area (Å²) in [7, 11) is 2.36. The Morgan fingerprint density at radius 2 is 1.50 bits per heavy atom. The minimum absolute atomic E-state index is 0.289. The van der Waals surface area contributed by atoms with Gasteiger partial charge in [-0.05, 0) is 0 Å². The van der Waals surface area contributed by atoms with E-state index in [9.17, 15) is 0 Å². The number of hydrogen-bond donors (Lipinski definition) is 0. The van der Waals surface area contributed by atoms with E-state index in [2.05, 4.69) is 22.2 Å². The molecule has 8 heavy (non-hydrogen) atoms. The molecule has 0 spiro atoms. The summed E-state index contributed by atoms with van der Waals surface area (Å²) < 4.78 is 5.85. The van der Waals surface area contributed by atoms with Gasteiger partial charge >= 0.3 is 73.9 Å². The van der Waals surface area contributed by atoms with Crippen LogP contribution >= 0.6 is 0 Å². The van der Waals surface area contributed by atoms with Gasteiger partial charge in [0.15, 0.2) is 0 Å². The van der Waals surface area contributed by atoms with Gasteiger partial charge in [0.1, 0.15) is 0 Å². The quantitative estimate of drug-likeness (QED) is 0.655.